The molecule has 17 heavy (non-hydrogen) atoms. The maximum absolute atomic E-state index is 11.5. The van der Waals surface area contributed by atoms with E-state index in [0.29, 0.717) is 13.0 Å². The summed E-state index contributed by atoms with van der Waals surface area (Å²) in [6, 6.07) is -0.214. The van der Waals surface area contributed by atoms with Crippen LogP contribution in [-0.4, -0.2) is 43.5 Å². The van der Waals surface area contributed by atoms with Crippen LogP contribution in [0.4, 0.5) is 4.79 Å². The number of alkyl carbamates (subject to hydrolysis) is 1. The highest BCUT2D eigenvalue weighted by Gasteiger charge is 2.33. The number of carbonyl (C=O) groups is 2. The van der Waals surface area contributed by atoms with Gasteiger partial charge in [0.15, 0.2) is 6.10 Å². The standard InChI is InChI=1S/C11H19NO5/c1-11(2,3)17-10(14)12-7-5-8(16-6-7)9(13)15-4/h7-8H,5-6H2,1-4H3,(H,12,14). The fourth-order valence-electron chi connectivity index (χ4n) is 1.50. The molecule has 98 valence electrons. The second kappa shape index (κ2) is 5.35. The molecule has 1 amide bonds. The number of carbonyl (C=O) groups excluding carboxylic acids is 2. The van der Waals surface area contributed by atoms with Crippen LogP contribution in [-0.2, 0) is 19.0 Å². The van der Waals surface area contributed by atoms with Crippen molar-refractivity contribution in [3.8, 4) is 0 Å². The molecule has 1 heterocycles. The molecule has 0 aromatic heterocycles. The van der Waals surface area contributed by atoms with Crippen LogP contribution < -0.4 is 5.32 Å². The van der Waals surface area contributed by atoms with Gasteiger partial charge in [0.1, 0.15) is 5.60 Å². The fourth-order valence-corrected chi connectivity index (χ4v) is 1.50. The lowest BCUT2D eigenvalue weighted by Crippen LogP contribution is -2.39. The molecule has 0 radical (unpaired) electrons. The van der Waals surface area contributed by atoms with Gasteiger partial charge in [-0.2, -0.15) is 0 Å². The monoisotopic (exact) mass is 245 g/mol. The second-order valence-corrected chi connectivity index (χ2v) is 4.92. The van der Waals surface area contributed by atoms with Gasteiger partial charge in [0.25, 0.3) is 0 Å². The Hall–Kier alpha value is -1.30. The first-order valence-electron chi connectivity index (χ1n) is 5.51. The third kappa shape index (κ3) is 4.60. The first-order valence-corrected chi connectivity index (χ1v) is 5.51. The Morgan fingerprint density at radius 1 is 1.35 bits per heavy atom. The third-order valence-corrected chi connectivity index (χ3v) is 2.18. The molecule has 2 unspecified atom stereocenters. The minimum atomic E-state index is -0.597. The number of hydrogen-bond acceptors (Lipinski definition) is 5. The molecule has 6 heteroatoms. The van der Waals surface area contributed by atoms with Crippen LogP contribution in [0.1, 0.15) is 27.2 Å². The summed E-state index contributed by atoms with van der Waals surface area (Å²) in [6.45, 7) is 5.65. The Morgan fingerprint density at radius 2 is 2.00 bits per heavy atom. The summed E-state index contributed by atoms with van der Waals surface area (Å²) >= 11 is 0. The molecule has 1 saturated heterocycles. The Kier molecular flexibility index (Phi) is 4.34. The van der Waals surface area contributed by atoms with Crippen molar-refractivity contribution in [3.63, 3.8) is 0 Å². The van der Waals surface area contributed by atoms with Crippen molar-refractivity contribution >= 4 is 12.1 Å². The first kappa shape index (κ1) is 13.8. The largest absolute Gasteiger partial charge is 0.467 e. The molecule has 0 spiro atoms. The number of hydrogen-bond donors (Lipinski definition) is 1. The predicted molar refractivity (Wildman–Crippen MR) is 59.5 cm³/mol. The molecule has 6 nitrogen and oxygen atoms in total. The van der Waals surface area contributed by atoms with Crippen molar-refractivity contribution in [2.45, 2.75) is 44.9 Å². The summed E-state index contributed by atoms with van der Waals surface area (Å²) in [5.74, 6) is -0.418. The van der Waals surface area contributed by atoms with Gasteiger partial charge in [-0.1, -0.05) is 0 Å². The highest BCUT2D eigenvalue weighted by Crippen LogP contribution is 2.15. The minimum Gasteiger partial charge on any atom is -0.467 e. The van der Waals surface area contributed by atoms with Crippen LogP contribution in [0.15, 0.2) is 0 Å². The average Bonchev–Trinajstić information content (AvgIpc) is 2.62. The van der Waals surface area contributed by atoms with Crippen molar-refractivity contribution in [2.24, 2.45) is 0 Å². The number of nitrogens with one attached hydrogen (secondary N) is 1. The number of ether oxygens (including phenoxy) is 3. The topological polar surface area (TPSA) is 73.9 Å². The van der Waals surface area contributed by atoms with Crippen LogP contribution in [0.2, 0.25) is 0 Å². The molecule has 0 aromatic rings. The normalized spacial score (nSPS) is 24.2. The van der Waals surface area contributed by atoms with Gasteiger partial charge in [0.2, 0.25) is 0 Å². The lowest BCUT2D eigenvalue weighted by molar-refractivity contribution is -0.151. The molecule has 0 bridgehead atoms. The van der Waals surface area contributed by atoms with Crippen LogP contribution in [0.25, 0.3) is 0 Å². The molecule has 0 saturated carbocycles. The highest BCUT2D eigenvalue weighted by molar-refractivity contribution is 5.75. The Bertz CT molecular complexity index is 297. The van der Waals surface area contributed by atoms with Gasteiger partial charge < -0.3 is 19.5 Å². The number of esters is 1. The highest BCUT2D eigenvalue weighted by atomic mass is 16.6. The van der Waals surface area contributed by atoms with E-state index in [1.807, 2.05) is 0 Å². The lowest BCUT2D eigenvalue weighted by atomic mass is 10.2. The quantitative estimate of drug-likeness (QED) is 0.730. The van der Waals surface area contributed by atoms with Crippen LogP contribution >= 0.6 is 0 Å². The lowest BCUT2D eigenvalue weighted by Gasteiger charge is -2.21. The van der Waals surface area contributed by atoms with Crippen molar-refractivity contribution < 1.29 is 23.8 Å². The van der Waals surface area contributed by atoms with Gasteiger partial charge >= 0.3 is 12.1 Å². The van der Waals surface area contributed by atoms with Crippen molar-refractivity contribution in [2.75, 3.05) is 13.7 Å². The van der Waals surface area contributed by atoms with E-state index in [9.17, 15) is 9.59 Å². The number of methoxy groups -OCH3 is 1. The predicted octanol–water partition coefficient (Wildman–Crippen LogP) is 0.842. The molecule has 1 rings (SSSR count). The van der Waals surface area contributed by atoms with E-state index in [-0.39, 0.29) is 6.04 Å². The van der Waals surface area contributed by atoms with E-state index in [4.69, 9.17) is 9.47 Å². The zero-order chi connectivity index (χ0) is 13.1. The molecule has 1 N–H and O–H groups in total. The fraction of sp³-hybridized carbons (Fsp3) is 0.818. The number of rotatable bonds is 2. The van der Waals surface area contributed by atoms with Crippen molar-refractivity contribution in [1.29, 1.82) is 0 Å². The SMILES string of the molecule is COC(=O)C1CC(NC(=O)OC(C)(C)C)CO1. The molecule has 2 atom stereocenters. The van der Waals surface area contributed by atoms with Gasteiger partial charge in [0.05, 0.1) is 19.8 Å². The summed E-state index contributed by atoms with van der Waals surface area (Å²) in [6.07, 6.45) is -0.692. The summed E-state index contributed by atoms with van der Waals surface area (Å²) in [4.78, 5) is 22.6. The molecule has 0 aliphatic carbocycles. The third-order valence-electron chi connectivity index (χ3n) is 2.18. The number of amides is 1. The van der Waals surface area contributed by atoms with Crippen molar-refractivity contribution in [1.82, 2.24) is 5.32 Å². The molecule has 1 fully saturated rings. The smallest absolute Gasteiger partial charge is 0.407 e. The van der Waals surface area contributed by atoms with E-state index in [1.54, 1.807) is 20.8 Å². The summed E-state index contributed by atoms with van der Waals surface area (Å²) in [5.41, 5.74) is -0.536. The van der Waals surface area contributed by atoms with Gasteiger partial charge in [-0.25, -0.2) is 9.59 Å². The molecular formula is C11H19NO5. The maximum atomic E-state index is 11.5. The van der Waals surface area contributed by atoms with Gasteiger partial charge in [0, 0.05) is 6.42 Å². The van der Waals surface area contributed by atoms with Gasteiger partial charge in [-0.05, 0) is 20.8 Å². The molecular weight excluding hydrogens is 226 g/mol. The van der Waals surface area contributed by atoms with Gasteiger partial charge in [-0.3, -0.25) is 0 Å². The second-order valence-electron chi connectivity index (χ2n) is 4.92. The average molecular weight is 245 g/mol. The van der Waals surface area contributed by atoms with E-state index < -0.39 is 23.8 Å². The first-order chi connectivity index (χ1) is 7.81. The summed E-state index contributed by atoms with van der Waals surface area (Å²) < 4.78 is 14.9. The summed E-state index contributed by atoms with van der Waals surface area (Å²) in [7, 11) is 1.31. The van der Waals surface area contributed by atoms with Gasteiger partial charge in [-0.15, -0.1) is 0 Å². The molecule has 1 aliphatic rings. The van der Waals surface area contributed by atoms with Crippen LogP contribution in [0.5, 0.6) is 0 Å². The van der Waals surface area contributed by atoms with E-state index in [1.165, 1.54) is 7.11 Å². The molecule has 1 aliphatic heterocycles. The minimum absolute atomic E-state index is 0.214. The van der Waals surface area contributed by atoms with E-state index >= 15 is 0 Å². The zero-order valence-electron chi connectivity index (χ0n) is 10.6. The van der Waals surface area contributed by atoms with Crippen LogP contribution in [0, 0.1) is 0 Å². The Balaban J connectivity index is 2.35. The molecule has 0 aromatic carbocycles. The van der Waals surface area contributed by atoms with Crippen molar-refractivity contribution in [3.05, 3.63) is 0 Å². The van der Waals surface area contributed by atoms with E-state index in [0.717, 1.165) is 0 Å². The summed E-state index contributed by atoms with van der Waals surface area (Å²) in [5, 5.41) is 2.65. The van der Waals surface area contributed by atoms with E-state index in [2.05, 4.69) is 10.1 Å². The zero-order valence-corrected chi connectivity index (χ0v) is 10.6. The Morgan fingerprint density at radius 3 is 2.53 bits per heavy atom. The maximum Gasteiger partial charge on any atom is 0.407 e. The Labute approximate surface area is 101 Å². The van der Waals surface area contributed by atoms with Crippen LogP contribution in [0.3, 0.4) is 0 Å².